The number of nitrogens with one attached hydrogen (secondary N) is 2. The third kappa shape index (κ3) is 7.06. The van der Waals surface area contributed by atoms with Crippen LogP contribution in [0.25, 0.3) is 0 Å². The Morgan fingerprint density at radius 3 is 2.50 bits per heavy atom. The lowest BCUT2D eigenvalue weighted by atomic mass is 10.1. The molecule has 0 saturated carbocycles. The van der Waals surface area contributed by atoms with Gasteiger partial charge >= 0.3 is 17.8 Å². The van der Waals surface area contributed by atoms with Gasteiger partial charge in [0, 0.05) is 10.4 Å². The van der Waals surface area contributed by atoms with Crippen molar-refractivity contribution in [2.45, 2.75) is 52.6 Å². The van der Waals surface area contributed by atoms with Gasteiger partial charge in [0.05, 0.1) is 25.0 Å². The van der Waals surface area contributed by atoms with E-state index in [0.29, 0.717) is 39.9 Å². The SMILES string of the molecule is CCOC(=O)c1c(NC(=O)C(=O)N/N=C(\C)c2ccc(OCc3ccccc3)c(OC)c2)sc2c1CCCCC2. The molecule has 0 atom stereocenters. The summed E-state index contributed by atoms with van der Waals surface area (Å²) >= 11 is 1.33. The Labute approximate surface area is 237 Å². The predicted molar refractivity (Wildman–Crippen MR) is 154 cm³/mol. The first-order valence-corrected chi connectivity index (χ1v) is 14.0. The molecule has 0 aliphatic heterocycles. The Morgan fingerprint density at radius 2 is 1.75 bits per heavy atom. The molecule has 0 fully saturated rings. The number of benzene rings is 2. The summed E-state index contributed by atoms with van der Waals surface area (Å²) in [5.41, 5.74) is 5.73. The third-order valence-corrected chi connectivity index (χ3v) is 7.69. The monoisotopic (exact) mass is 563 g/mol. The lowest BCUT2D eigenvalue weighted by molar-refractivity contribution is -0.136. The molecule has 0 unspecified atom stereocenters. The van der Waals surface area contributed by atoms with Crippen molar-refractivity contribution in [1.29, 1.82) is 0 Å². The lowest BCUT2D eigenvalue weighted by Gasteiger charge is -2.12. The fraction of sp³-hybridized carbons (Fsp3) is 0.333. The number of hydrazone groups is 1. The van der Waals surface area contributed by atoms with Gasteiger partial charge < -0.3 is 19.5 Å². The molecule has 4 rings (SSSR count). The number of aryl methyl sites for hydroxylation is 1. The highest BCUT2D eigenvalue weighted by atomic mass is 32.1. The largest absolute Gasteiger partial charge is 0.493 e. The molecule has 10 heteroatoms. The molecule has 2 aromatic carbocycles. The summed E-state index contributed by atoms with van der Waals surface area (Å²) in [6.07, 6.45) is 4.63. The van der Waals surface area contributed by atoms with E-state index in [1.54, 1.807) is 39.2 Å². The van der Waals surface area contributed by atoms with Crippen molar-refractivity contribution in [3.63, 3.8) is 0 Å². The zero-order valence-electron chi connectivity index (χ0n) is 22.9. The number of anilines is 1. The molecule has 1 aliphatic carbocycles. The average Bonchev–Trinajstić information content (AvgIpc) is 3.14. The van der Waals surface area contributed by atoms with Gasteiger partial charge in [-0.1, -0.05) is 36.8 Å². The Bertz CT molecular complexity index is 1400. The van der Waals surface area contributed by atoms with Gasteiger partial charge in [-0.2, -0.15) is 5.10 Å². The molecular formula is C30H33N3O6S. The Hall–Kier alpha value is -4.18. The quantitative estimate of drug-likeness (QED) is 0.121. The highest BCUT2D eigenvalue weighted by Crippen LogP contribution is 2.38. The highest BCUT2D eigenvalue weighted by molar-refractivity contribution is 7.17. The molecular weight excluding hydrogens is 530 g/mol. The summed E-state index contributed by atoms with van der Waals surface area (Å²) in [7, 11) is 1.54. The van der Waals surface area contributed by atoms with E-state index in [0.717, 1.165) is 48.1 Å². The van der Waals surface area contributed by atoms with Gasteiger partial charge in [-0.15, -0.1) is 11.3 Å². The van der Waals surface area contributed by atoms with E-state index >= 15 is 0 Å². The second kappa shape index (κ2) is 13.7. The molecule has 2 amide bonds. The van der Waals surface area contributed by atoms with Gasteiger partial charge in [-0.05, 0) is 68.9 Å². The van der Waals surface area contributed by atoms with Crippen LogP contribution in [0.3, 0.4) is 0 Å². The van der Waals surface area contributed by atoms with E-state index in [2.05, 4.69) is 15.8 Å². The number of carbonyl (C=O) groups is 3. The number of fused-ring (bicyclic) bond motifs is 1. The van der Waals surface area contributed by atoms with Crippen molar-refractivity contribution in [2.24, 2.45) is 5.10 Å². The fourth-order valence-electron chi connectivity index (χ4n) is 4.41. The number of esters is 1. The van der Waals surface area contributed by atoms with Crippen molar-refractivity contribution in [2.75, 3.05) is 19.0 Å². The lowest BCUT2D eigenvalue weighted by Crippen LogP contribution is -2.33. The summed E-state index contributed by atoms with van der Waals surface area (Å²) in [6.45, 7) is 4.04. The summed E-state index contributed by atoms with van der Waals surface area (Å²) in [6, 6.07) is 15.1. The van der Waals surface area contributed by atoms with Crippen LogP contribution in [0, 0.1) is 0 Å². The van der Waals surface area contributed by atoms with Crippen molar-refractivity contribution in [1.82, 2.24) is 5.43 Å². The Kier molecular flexibility index (Phi) is 9.91. The van der Waals surface area contributed by atoms with E-state index in [1.807, 2.05) is 30.3 Å². The maximum Gasteiger partial charge on any atom is 0.341 e. The van der Waals surface area contributed by atoms with E-state index in [9.17, 15) is 14.4 Å². The van der Waals surface area contributed by atoms with Crippen LogP contribution in [-0.2, 0) is 33.8 Å². The molecule has 1 aromatic heterocycles. The number of ether oxygens (including phenoxy) is 3. The number of hydrogen-bond acceptors (Lipinski definition) is 8. The van der Waals surface area contributed by atoms with Crippen LogP contribution in [0.4, 0.5) is 5.00 Å². The molecule has 0 radical (unpaired) electrons. The van der Waals surface area contributed by atoms with Crippen LogP contribution in [0.15, 0.2) is 53.6 Å². The topological polar surface area (TPSA) is 115 Å². The van der Waals surface area contributed by atoms with Crippen molar-refractivity contribution < 1.29 is 28.6 Å². The van der Waals surface area contributed by atoms with Gasteiger partial charge in [0.2, 0.25) is 0 Å². The van der Waals surface area contributed by atoms with Crippen LogP contribution < -0.4 is 20.2 Å². The summed E-state index contributed by atoms with van der Waals surface area (Å²) in [4.78, 5) is 39.1. The number of nitrogens with zero attached hydrogens (tertiary/aromatic N) is 1. The van der Waals surface area contributed by atoms with Gasteiger partial charge in [0.25, 0.3) is 0 Å². The molecule has 210 valence electrons. The molecule has 1 aliphatic rings. The van der Waals surface area contributed by atoms with Crippen molar-refractivity contribution >= 4 is 39.8 Å². The molecule has 0 spiro atoms. The van der Waals surface area contributed by atoms with E-state index in [-0.39, 0.29) is 6.61 Å². The number of rotatable bonds is 9. The van der Waals surface area contributed by atoms with Gasteiger partial charge in [-0.3, -0.25) is 9.59 Å². The van der Waals surface area contributed by atoms with Crippen LogP contribution in [-0.4, -0.2) is 37.2 Å². The first kappa shape index (κ1) is 28.8. The van der Waals surface area contributed by atoms with Crippen molar-refractivity contribution in [3.8, 4) is 11.5 Å². The molecule has 0 saturated heterocycles. The first-order chi connectivity index (χ1) is 19.4. The molecule has 3 aromatic rings. The third-order valence-electron chi connectivity index (χ3n) is 6.48. The average molecular weight is 564 g/mol. The van der Waals surface area contributed by atoms with Crippen LogP contribution in [0.2, 0.25) is 0 Å². The summed E-state index contributed by atoms with van der Waals surface area (Å²) in [5, 5.41) is 7.03. The summed E-state index contributed by atoms with van der Waals surface area (Å²) in [5.74, 6) is -1.28. The Balaban J connectivity index is 1.42. The maximum absolute atomic E-state index is 12.7. The second-order valence-corrected chi connectivity index (χ2v) is 10.3. The van der Waals surface area contributed by atoms with Crippen LogP contribution >= 0.6 is 11.3 Å². The zero-order valence-corrected chi connectivity index (χ0v) is 23.7. The smallest absolute Gasteiger partial charge is 0.341 e. The second-order valence-electron chi connectivity index (χ2n) is 9.22. The molecule has 0 bridgehead atoms. The van der Waals surface area contributed by atoms with Crippen LogP contribution in [0.1, 0.15) is 65.0 Å². The molecule has 9 nitrogen and oxygen atoms in total. The number of amides is 2. The first-order valence-electron chi connectivity index (χ1n) is 13.2. The summed E-state index contributed by atoms with van der Waals surface area (Å²) < 4.78 is 16.6. The highest BCUT2D eigenvalue weighted by Gasteiger charge is 2.28. The molecule has 1 heterocycles. The minimum atomic E-state index is -0.951. The number of methoxy groups -OCH3 is 1. The molecule has 40 heavy (non-hydrogen) atoms. The zero-order chi connectivity index (χ0) is 28.5. The minimum absolute atomic E-state index is 0.218. The standard InChI is InChI=1S/C30H33N3O6S/c1-4-38-30(36)26-22-13-9-6-10-14-25(22)40-29(26)31-27(34)28(35)33-32-19(2)21-15-16-23(24(17-21)37-3)39-18-20-11-7-5-8-12-20/h5,7-8,11-12,15-17H,4,6,9-10,13-14,18H2,1-3H3,(H,31,34)(H,33,35)/b32-19+. The number of hydrogen-bond donors (Lipinski definition) is 2. The van der Waals surface area contributed by atoms with Gasteiger partial charge in [-0.25, -0.2) is 10.2 Å². The normalized spacial score (nSPS) is 13.0. The minimum Gasteiger partial charge on any atom is -0.493 e. The van der Waals surface area contributed by atoms with Crippen molar-refractivity contribution in [3.05, 3.63) is 75.7 Å². The van der Waals surface area contributed by atoms with Crippen LogP contribution in [0.5, 0.6) is 11.5 Å². The molecule has 2 N–H and O–H groups in total. The predicted octanol–water partition coefficient (Wildman–Crippen LogP) is 5.26. The fourth-order valence-corrected chi connectivity index (χ4v) is 5.68. The van der Waals surface area contributed by atoms with E-state index in [1.165, 1.54) is 11.3 Å². The number of carbonyl (C=O) groups excluding carboxylic acids is 3. The van der Waals surface area contributed by atoms with Gasteiger partial charge in [0.15, 0.2) is 11.5 Å². The van der Waals surface area contributed by atoms with E-state index in [4.69, 9.17) is 14.2 Å². The number of thiophene rings is 1. The Morgan fingerprint density at radius 1 is 0.975 bits per heavy atom. The van der Waals surface area contributed by atoms with E-state index < -0.39 is 17.8 Å². The van der Waals surface area contributed by atoms with Gasteiger partial charge in [0.1, 0.15) is 11.6 Å². The maximum atomic E-state index is 12.7.